The first-order valence-corrected chi connectivity index (χ1v) is 6.72. The van der Waals surface area contributed by atoms with Crippen molar-refractivity contribution < 1.29 is 4.74 Å². The van der Waals surface area contributed by atoms with Crippen LogP contribution in [-0.4, -0.2) is 12.6 Å². The van der Waals surface area contributed by atoms with Gasteiger partial charge in [0.2, 0.25) is 0 Å². The van der Waals surface area contributed by atoms with Gasteiger partial charge in [0.15, 0.2) is 0 Å². The predicted octanol–water partition coefficient (Wildman–Crippen LogP) is 3.50. The number of unbranched alkanes of at least 4 members (excludes halogenated alkanes) is 2. The van der Waals surface area contributed by atoms with E-state index in [2.05, 4.69) is 19.1 Å². The molecule has 2 heteroatoms. The van der Waals surface area contributed by atoms with Crippen molar-refractivity contribution in [1.29, 1.82) is 0 Å². The van der Waals surface area contributed by atoms with Crippen LogP contribution >= 0.6 is 0 Å². The van der Waals surface area contributed by atoms with Gasteiger partial charge in [0.1, 0.15) is 0 Å². The highest BCUT2D eigenvalue weighted by atomic mass is 16.5. The fraction of sp³-hybridized carbons (Fsp3) is 0.600. The van der Waals surface area contributed by atoms with Gasteiger partial charge in [-0.15, -0.1) is 0 Å². The Hall–Kier alpha value is -0.860. The van der Waals surface area contributed by atoms with Crippen molar-refractivity contribution in [3.8, 4) is 0 Å². The number of hydrogen-bond acceptors (Lipinski definition) is 2. The number of rotatable bonds is 9. The zero-order valence-corrected chi connectivity index (χ0v) is 10.9. The lowest BCUT2D eigenvalue weighted by molar-refractivity contribution is 0.0294. The maximum absolute atomic E-state index is 5.94. The number of benzene rings is 1. The Bertz CT molecular complexity index is 274. The van der Waals surface area contributed by atoms with E-state index in [0.29, 0.717) is 19.3 Å². The molecule has 0 spiro atoms. The topological polar surface area (TPSA) is 35.2 Å². The molecular weight excluding hydrogens is 210 g/mol. The van der Waals surface area contributed by atoms with Crippen LogP contribution in [0.1, 0.15) is 44.6 Å². The summed E-state index contributed by atoms with van der Waals surface area (Å²) < 4.78 is 5.94. The Morgan fingerprint density at radius 3 is 2.53 bits per heavy atom. The first-order chi connectivity index (χ1) is 8.36. The fourth-order valence-corrected chi connectivity index (χ4v) is 1.91. The van der Waals surface area contributed by atoms with Gasteiger partial charge >= 0.3 is 0 Å². The summed E-state index contributed by atoms with van der Waals surface area (Å²) in [5, 5.41) is 0. The highest BCUT2D eigenvalue weighted by molar-refractivity contribution is 5.13. The van der Waals surface area contributed by atoms with Crippen molar-refractivity contribution in [3.05, 3.63) is 35.9 Å². The van der Waals surface area contributed by atoms with E-state index in [4.69, 9.17) is 10.5 Å². The third-order valence-corrected chi connectivity index (χ3v) is 2.95. The quantitative estimate of drug-likeness (QED) is 0.665. The van der Waals surface area contributed by atoms with E-state index in [9.17, 15) is 0 Å². The average molecular weight is 235 g/mol. The molecule has 0 aliphatic heterocycles. The van der Waals surface area contributed by atoms with Gasteiger partial charge in [-0.25, -0.2) is 0 Å². The van der Waals surface area contributed by atoms with Gasteiger partial charge in [0.05, 0.1) is 12.7 Å². The van der Waals surface area contributed by atoms with E-state index < -0.39 is 0 Å². The SMILES string of the molecule is CCCCC[C@@H](CCN)OCc1ccccc1. The fourth-order valence-electron chi connectivity index (χ4n) is 1.91. The third-order valence-electron chi connectivity index (χ3n) is 2.95. The van der Waals surface area contributed by atoms with Gasteiger partial charge in [0, 0.05) is 0 Å². The lowest BCUT2D eigenvalue weighted by Gasteiger charge is -2.17. The maximum Gasteiger partial charge on any atom is 0.0720 e. The average Bonchev–Trinajstić information content (AvgIpc) is 2.37. The minimum atomic E-state index is 0.326. The van der Waals surface area contributed by atoms with Gasteiger partial charge in [0.25, 0.3) is 0 Å². The van der Waals surface area contributed by atoms with Gasteiger partial charge in [-0.1, -0.05) is 56.5 Å². The highest BCUT2D eigenvalue weighted by Crippen LogP contribution is 2.12. The number of hydrogen-bond donors (Lipinski definition) is 1. The minimum Gasteiger partial charge on any atom is -0.373 e. The summed E-state index contributed by atoms with van der Waals surface area (Å²) in [5.41, 5.74) is 6.86. The second kappa shape index (κ2) is 9.20. The molecule has 0 saturated carbocycles. The van der Waals surface area contributed by atoms with E-state index >= 15 is 0 Å². The Morgan fingerprint density at radius 1 is 1.12 bits per heavy atom. The molecule has 1 atom stereocenters. The summed E-state index contributed by atoms with van der Waals surface area (Å²) in [6.07, 6.45) is 6.22. The lowest BCUT2D eigenvalue weighted by Crippen LogP contribution is -2.17. The molecule has 0 aliphatic rings. The van der Waals surface area contributed by atoms with Crippen molar-refractivity contribution in [2.24, 2.45) is 5.73 Å². The molecule has 1 rings (SSSR count). The van der Waals surface area contributed by atoms with Crippen LogP contribution in [0.15, 0.2) is 30.3 Å². The summed E-state index contributed by atoms with van der Waals surface area (Å²) in [6.45, 7) is 3.64. The van der Waals surface area contributed by atoms with E-state index in [1.54, 1.807) is 0 Å². The van der Waals surface area contributed by atoms with Crippen molar-refractivity contribution in [2.75, 3.05) is 6.54 Å². The lowest BCUT2D eigenvalue weighted by atomic mass is 10.1. The zero-order chi connectivity index (χ0) is 12.3. The molecule has 0 fully saturated rings. The third kappa shape index (κ3) is 6.44. The Morgan fingerprint density at radius 2 is 1.88 bits per heavy atom. The minimum absolute atomic E-state index is 0.326. The molecule has 1 aromatic rings. The van der Waals surface area contributed by atoms with Crippen LogP contribution in [0.2, 0.25) is 0 Å². The number of nitrogens with two attached hydrogens (primary N) is 1. The summed E-state index contributed by atoms with van der Waals surface area (Å²) in [7, 11) is 0. The van der Waals surface area contributed by atoms with Crippen LogP contribution < -0.4 is 5.73 Å². The normalized spacial score (nSPS) is 12.6. The molecule has 2 nitrogen and oxygen atoms in total. The first kappa shape index (κ1) is 14.2. The van der Waals surface area contributed by atoms with Crippen LogP contribution in [0, 0.1) is 0 Å². The van der Waals surface area contributed by atoms with Gasteiger partial charge in [-0.3, -0.25) is 0 Å². The summed E-state index contributed by atoms with van der Waals surface area (Å²) in [4.78, 5) is 0. The van der Waals surface area contributed by atoms with Gasteiger partial charge < -0.3 is 10.5 Å². The molecule has 0 radical (unpaired) electrons. The molecule has 0 unspecified atom stereocenters. The molecule has 96 valence electrons. The van der Waals surface area contributed by atoms with Crippen molar-refractivity contribution >= 4 is 0 Å². The largest absolute Gasteiger partial charge is 0.373 e. The highest BCUT2D eigenvalue weighted by Gasteiger charge is 2.07. The van der Waals surface area contributed by atoms with Crippen LogP contribution in [0.4, 0.5) is 0 Å². The molecule has 0 heterocycles. The number of ether oxygens (including phenoxy) is 1. The van der Waals surface area contributed by atoms with Gasteiger partial charge in [-0.05, 0) is 24.9 Å². The van der Waals surface area contributed by atoms with Crippen LogP contribution in [0.5, 0.6) is 0 Å². The molecule has 0 aliphatic carbocycles. The van der Waals surface area contributed by atoms with Crippen molar-refractivity contribution in [3.63, 3.8) is 0 Å². The first-order valence-electron chi connectivity index (χ1n) is 6.72. The second-order valence-corrected chi connectivity index (χ2v) is 4.49. The summed E-state index contributed by atoms with van der Waals surface area (Å²) >= 11 is 0. The maximum atomic E-state index is 5.94. The van der Waals surface area contributed by atoms with Crippen LogP contribution in [0.25, 0.3) is 0 Å². The zero-order valence-electron chi connectivity index (χ0n) is 10.9. The summed E-state index contributed by atoms with van der Waals surface area (Å²) in [5.74, 6) is 0. The molecule has 0 aromatic heterocycles. The van der Waals surface area contributed by atoms with E-state index in [0.717, 1.165) is 12.8 Å². The van der Waals surface area contributed by atoms with Crippen molar-refractivity contribution in [1.82, 2.24) is 0 Å². The molecule has 17 heavy (non-hydrogen) atoms. The smallest absolute Gasteiger partial charge is 0.0720 e. The van der Waals surface area contributed by atoms with E-state index in [1.807, 2.05) is 18.2 Å². The molecular formula is C15H25NO. The predicted molar refractivity (Wildman–Crippen MR) is 72.8 cm³/mol. The molecule has 0 bridgehead atoms. The van der Waals surface area contributed by atoms with Crippen LogP contribution in [0.3, 0.4) is 0 Å². The van der Waals surface area contributed by atoms with Gasteiger partial charge in [-0.2, -0.15) is 0 Å². The Balaban J connectivity index is 2.28. The molecule has 0 amide bonds. The summed E-state index contributed by atoms with van der Waals surface area (Å²) in [6, 6.07) is 10.3. The van der Waals surface area contributed by atoms with Crippen LogP contribution in [-0.2, 0) is 11.3 Å². The Labute approximate surface area is 105 Å². The van der Waals surface area contributed by atoms with E-state index in [-0.39, 0.29) is 0 Å². The molecule has 0 saturated heterocycles. The Kier molecular flexibility index (Phi) is 7.69. The van der Waals surface area contributed by atoms with Crippen molar-refractivity contribution in [2.45, 2.75) is 51.7 Å². The second-order valence-electron chi connectivity index (χ2n) is 4.49. The molecule has 1 aromatic carbocycles. The van der Waals surface area contributed by atoms with E-state index in [1.165, 1.54) is 24.8 Å². The monoisotopic (exact) mass is 235 g/mol. The standard InChI is InChI=1S/C15H25NO/c1-2-3-5-10-15(11-12-16)17-13-14-8-6-4-7-9-14/h4,6-9,15H,2-3,5,10-13,16H2,1H3/t15-/m0/s1. The molecule has 2 N–H and O–H groups in total.